The van der Waals surface area contributed by atoms with Crippen LogP contribution in [0.15, 0.2) is 4.99 Å². The van der Waals surface area contributed by atoms with Crippen LogP contribution in [0.3, 0.4) is 0 Å². The lowest BCUT2D eigenvalue weighted by atomic mass is 9.96. The number of nitrogens with two attached hydrogens (primary N) is 1. The molecule has 0 spiro atoms. The zero-order valence-electron chi connectivity index (χ0n) is 7.30. The van der Waals surface area contributed by atoms with Crippen LogP contribution in [-0.4, -0.2) is 40.7 Å². The summed E-state index contributed by atoms with van der Waals surface area (Å²) >= 11 is 0. The minimum atomic E-state index is -1.48. The molecule has 0 aromatic carbocycles. The third-order valence-corrected chi connectivity index (χ3v) is 1.99. The highest BCUT2D eigenvalue weighted by Crippen LogP contribution is 2.11. The summed E-state index contributed by atoms with van der Waals surface area (Å²) in [4.78, 5) is 25.1. The van der Waals surface area contributed by atoms with Crippen molar-refractivity contribution in [3.63, 3.8) is 0 Å². The summed E-state index contributed by atoms with van der Waals surface area (Å²) in [5, 5.41) is 19.9. The summed E-state index contributed by atoms with van der Waals surface area (Å²) in [7, 11) is 0. The fourth-order valence-corrected chi connectivity index (χ4v) is 1.33. The second-order valence-corrected chi connectivity index (χ2v) is 2.96. The van der Waals surface area contributed by atoms with Gasteiger partial charge >= 0.3 is 11.9 Å². The van der Waals surface area contributed by atoms with E-state index in [1.54, 1.807) is 0 Å². The van der Waals surface area contributed by atoms with Crippen molar-refractivity contribution in [1.29, 1.82) is 0 Å². The number of nitrogens with one attached hydrogen (secondary N) is 1. The van der Waals surface area contributed by atoms with Gasteiger partial charge in [0.25, 0.3) is 0 Å². The zero-order chi connectivity index (χ0) is 10.7. The molecule has 0 aliphatic carbocycles. The molecule has 0 bridgehead atoms. The molecule has 1 heterocycles. The minimum Gasteiger partial charge on any atom is -0.481 e. The van der Waals surface area contributed by atoms with Crippen molar-refractivity contribution in [1.82, 2.24) is 5.32 Å². The molecule has 1 aliphatic rings. The van der Waals surface area contributed by atoms with E-state index in [9.17, 15) is 9.59 Å². The average Bonchev–Trinajstić information content (AvgIpc) is 2.02. The van der Waals surface area contributed by atoms with E-state index in [1.807, 2.05) is 0 Å². The van der Waals surface area contributed by atoms with Crippen LogP contribution in [0.25, 0.3) is 0 Å². The molecule has 14 heavy (non-hydrogen) atoms. The number of rotatable bonds is 3. The predicted octanol–water partition coefficient (Wildman–Crippen LogP) is -1.55. The SMILES string of the molecule is NC1=NCCC(C(C(=O)O)C(=O)O)N1. The Labute approximate surface area is 79.6 Å². The maximum atomic E-state index is 10.6. The lowest BCUT2D eigenvalue weighted by Gasteiger charge is -2.25. The average molecular weight is 201 g/mol. The summed E-state index contributed by atoms with van der Waals surface area (Å²) in [5.74, 6) is -4.13. The third kappa shape index (κ3) is 2.12. The predicted molar refractivity (Wildman–Crippen MR) is 46.8 cm³/mol. The molecule has 0 saturated heterocycles. The fourth-order valence-electron chi connectivity index (χ4n) is 1.33. The Kier molecular flexibility index (Phi) is 2.90. The molecule has 0 aromatic heterocycles. The number of aliphatic imine (C=N–C) groups is 1. The third-order valence-electron chi connectivity index (χ3n) is 1.99. The number of carboxylic acids is 2. The van der Waals surface area contributed by atoms with Crippen molar-refractivity contribution in [2.45, 2.75) is 12.5 Å². The van der Waals surface area contributed by atoms with E-state index in [2.05, 4.69) is 10.3 Å². The van der Waals surface area contributed by atoms with E-state index in [-0.39, 0.29) is 5.96 Å². The van der Waals surface area contributed by atoms with Crippen LogP contribution in [0.5, 0.6) is 0 Å². The Bertz CT molecular complexity index is 275. The summed E-state index contributed by atoms with van der Waals surface area (Å²) < 4.78 is 0. The quantitative estimate of drug-likeness (QED) is 0.409. The van der Waals surface area contributed by atoms with E-state index in [4.69, 9.17) is 15.9 Å². The largest absolute Gasteiger partial charge is 0.481 e. The zero-order valence-corrected chi connectivity index (χ0v) is 7.30. The second-order valence-electron chi connectivity index (χ2n) is 2.96. The van der Waals surface area contributed by atoms with Crippen molar-refractivity contribution < 1.29 is 19.8 Å². The van der Waals surface area contributed by atoms with Crippen LogP contribution in [0.4, 0.5) is 0 Å². The van der Waals surface area contributed by atoms with Gasteiger partial charge in [0, 0.05) is 6.54 Å². The molecule has 0 amide bonds. The Morgan fingerprint density at radius 2 is 2.07 bits per heavy atom. The van der Waals surface area contributed by atoms with Gasteiger partial charge in [0.2, 0.25) is 0 Å². The van der Waals surface area contributed by atoms with Crippen molar-refractivity contribution in [2.24, 2.45) is 16.6 Å². The number of hydrogen-bond acceptors (Lipinski definition) is 5. The molecule has 7 heteroatoms. The van der Waals surface area contributed by atoms with Crippen LogP contribution in [0, 0.1) is 5.92 Å². The van der Waals surface area contributed by atoms with Crippen molar-refractivity contribution in [3.8, 4) is 0 Å². The first-order valence-electron chi connectivity index (χ1n) is 4.04. The summed E-state index contributed by atoms with van der Waals surface area (Å²) in [5.41, 5.74) is 5.32. The van der Waals surface area contributed by atoms with Crippen LogP contribution in [-0.2, 0) is 9.59 Å². The Morgan fingerprint density at radius 1 is 1.50 bits per heavy atom. The van der Waals surface area contributed by atoms with Crippen molar-refractivity contribution in [2.75, 3.05) is 6.54 Å². The molecule has 0 saturated carbocycles. The summed E-state index contributed by atoms with van der Waals surface area (Å²) in [6, 6.07) is -0.692. The van der Waals surface area contributed by atoms with E-state index < -0.39 is 23.9 Å². The molecule has 0 radical (unpaired) electrons. The maximum absolute atomic E-state index is 10.6. The molecule has 7 nitrogen and oxygen atoms in total. The van der Waals surface area contributed by atoms with Gasteiger partial charge in [-0.2, -0.15) is 0 Å². The van der Waals surface area contributed by atoms with Gasteiger partial charge in [-0.3, -0.25) is 14.6 Å². The van der Waals surface area contributed by atoms with Gasteiger partial charge in [0.1, 0.15) is 0 Å². The molecule has 0 aromatic rings. The highest BCUT2D eigenvalue weighted by atomic mass is 16.4. The van der Waals surface area contributed by atoms with Crippen LogP contribution in [0.2, 0.25) is 0 Å². The second kappa shape index (κ2) is 3.95. The highest BCUT2D eigenvalue weighted by molar-refractivity contribution is 5.94. The highest BCUT2D eigenvalue weighted by Gasteiger charge is 2.36. The Balaban J connectivity index is 2.75. The van der Waals surface area contributed by atoms with E-state index in [0.29, 0.717) is 13.0 Å². The lowest BCUT2D eigenvalue weighted by molar-refractivity contribution is -0.155. The number of guanidine groups is 1. The molecule has 1 unspecified atom stereocenters. The van der Waals surface area contributed by atoms with Gasteiger partial charge in [-0.25, -0.2) is 0 Å². The molecule has 1 atom stereocenters. The lowest BCUT2D eigenvalue weighted by Crippen LogP contribution is -2.51. The number of nitrogens with zero attached hydrogens (tertiary/aromatic N) is 1. The molecular formula is C7H11N3O4. The summed E-state index contributed by atoms with van der Waals surface area (Å²) in [6.45, 7) is 0.348. The minimum absolute atomic E-state index is 0.0914. The Hall–Kier alpha value is -1.79. The molecule has 0 fully saturated rings. The number of carbonyl (C=O) groups is 2. The number of hydrogen-bond donors (Lipinski definition) is 4. The van der Waals surface area contributed by atoms with Crippen molar-refractivity contribution >= 4 is 17.9 Å². The first-order chi connectivity index (χ1) is 6.52. The summed E-state index contributed by atoms with van der Waals surface area (Å²) in [6.07, 6.45) is 0.351. The maximum Gasteiger partial charge on any atom is 0.320 e. The molecule has 78 valence electrons. The van der Waals surface area contributed by atoms with Gasteiger partial charge in [0.05, 0.1) is 6.04 Å². The van der Waals surface area contributed by atoms with E-state index >= 15 is 0 Å². The smallest absolute Gasteiger partial charge is 0.320 e. The van der Waals surface area contributed by atoms with E-state index in [0.717, 1.165) is 0 Å². The van der Waals surface area contributed by atoms with Crippen LogP contribution >= 0.6 is 0 Å². The number of aliphatic carboxylic acids is 2. The number of carboxylic acid groups (broad SMARTS) is 2. The van der Waals surface area contributed by atoms with E-state index in [1.165, 1.54) is 0 Å². The first-order valence-corrected chi connectivity index (χ1v) is 4.04. The van der Waals surface area contributed by atoms with Crippen LogP contribution in [0.1, 0.15) is 6.42 Å². The topological polar surface area (TPSA) is 125 Å². The van der Waals surface area contributed by atoms with Gasteiger partial charge in [-0.1, -0.05) is 0 Å². The van der Waals surface area contributed by atoms with Crippen LogP contribution < -0.4 is 11.1 Å². The van der Waals surface area contributed by atoms with Gasteiger partial charge in [-0.15, -0.1) is 0 Å². The fraction of sp³-hybridized carbons (Fsp3) is 0.571. The monoisotopic (exact) mass is 201 g/mol. The molecule has 5 N–H and O–H groups in total. The van der Waals surface area contributed by atoms with Gasteiger partial charge < -0.3 is 21.3 Å². The molecule has 1 rings (SSSR count). The normalized spacial score (nSPS) is 21.2. The first kappa shape index (κ1) is 10.3. The van der Waals surface area contributed by atoms with Gasteiger partial charge in [0.15, 0.2) is 11.9 Å². The molecule has 1 aliphatic heterocycles. The Morgan fingerprint density at radius 3 is 2.50 bits per heavy atom. The van der Waals surface area contributed by atoms with Gasteiger partial charge in [-0.05, 0) is 6.42 Å². The molecular weight excluding hydrogens is 190 g/mol. The standard InChI is InChI=1S/C7H11N3O4/c8-7-9-2-1-3(10-7)4(5(11)12)6(13)14/h3-4H,1-2H2,(H,11,12)(H,13,14)(H3,8,9,10). The van der Waals surface area contributed by atoms with Crippen molar-refractivity contribution in [3.05, 3.63) is 0 Å².